The molecule has 0 aromatic rings. The van der Waals surface area contributed by atoms with E-state index in [1.807, 2.05) is 0 Å². The van der Waals surface area contributed by atoms with E-state index in [1.165, 1.54) is 30.9 Å². The normalized spacial score (nSPS) is 26.9. The zero-order chi connectivity index (χ0) is 10.6. The molecule has 1 aliphatic carbocycles. The zero-order valence-corrected chi connectivity index (χ0v) is 10.8. The number of rotatable bonds is 3. The largest absolute Gasteiger partial charge is 0.389 e. The standard InChI is InChI=1S/C12H24OSi/c1-14(2,3)10-6-8-11-7-4-5-9-12(11)13/h8,12-13H,4-7,9-10H2,1-3H3. The summed E-state index contributed by atoms with van der Waals surface area (Å²) in [6, 6.07) is 1.35. The van der Waals surface area contributed by atoms with Crippen molar-refractivity contribution in [3.63, 3.8) is 0 Å². The Morgan fingerprint density at radius 1 is 1.36 bits per heavy atom. The Kier molecular flexibility index (Phi) is 4.39. The van der Waals surface area contributed by atoms with Gasteiger partial charge >= 0.3 is 0 Å². The highest BCUT2D eigenvalue weighted by molar-refractivity contribution is 6.76. The zero-order valence-electron chi connectivity index (χ0n) is 9.84. The fourth-order valence-corrected chi connectivity index (χ4v) is 2.96. The van der Waals surface area contributed by atoms with Gasteiger partial charge in [0.05, 0.1) is 6.10 Å². The molecule has 1 nitrogen and oxygen atoms in total. The molecule has 1 fully saturated rings. The Balaban J connectivity index is 2.35. The Morgan fingerprint density at radius 2 is 2.07 bits per heavy atom. The molecule has 0 amide bonds. The average molecular weight is 212 g/mol. The lowest BCUT2D eigenvalue weighted by atomic mass is 9.91. The second-order valence-electron chi connectivity index (χ2n) is 5.64. The summed E-state index contributed by atoms with van der Waals surface area (Å²) in [5, 5.41) is 9.74. The van der Waals surface area contributed by atoms with Gasteiger partial charge in [-0.15, -0.1) is 0 Å². The molecule has 0 bridgehead atoms. The van der Waals surface area contributed by atoms with Crippen molar-refractivity contribution in [2.75, 3.05) is 0 Å². The quantitative estimate of drug-likeness (QED) is 0.560. The third-order valence-electron chi connectivity index (χ3n) is 2.92. The predicted octanol–water partition coefficient (Wildman–Crippen LogP) is 3.58. The summed E-state index contributed by atoms with van der Waals surface area (Å²) in [4.78, 5) is 0. The third-order valence-corrected chi connectivity index (χ3v) is 4.71. The van der Waals surface area contributed by atoms with Crippen LogP contribution in [0.1, 0.15) is 32.1 Å². The summed E-state index contributed by atoms with van der Waals surface area (Å²) >= 11 is 0. The molecule has 0 aromatic carbocycles. The Bertz CT molecular complexity index is 203. The van der Waals surface area contributed by atoms with Crippen LogP contribution in [0.4, 0.5) is 0 Å². The molecule has 0 aromatic heterocycles. The molecule has 0 saturated heterocycles. The molecule has 1 N–H and O–H groups in total. The van der Waals surface area contributed by atoms with Crippen molar-refractivity contribution in [3.8, 4) is 0 Å². The van der Waals surface area contributed by atoms with E-state index in [0.29, 0.717) is 0 Å². The van der Waals surface area contributed by atoms with Crippen molar-refractivity contribution in [1.82, 2.24) is 0 Å². The summed E-state index contributed by atoms with van der Waals surface area (Å²) in [6.45, 7) is 7.22. The van der Waals surface area contributed by atoms with Gasteiger partial charge in [0.25, 0.3) is 0 Å². The molecule has 1 unspecified atom stereocenters. The van der Waals surface area contributed by atoms with Crippen molar-refractivity contribution < 1.29 is 5.11 Å². The van der Waals surface area contributed by atoms with Crippen molar-refractivity contribution >= 4 is 8.07 Å². The van der Waals surface area contributed by atoms with Crippen LogP contribution in [0.5, 0.6) is 0 Å². The van der Waals surface area contributed by atoms with Gasteiger partial charge in [-0.05, 0) is 31.3 Å². The minimum Gasteiger partial charge on any atom is -0.389 e. The third kappa shape index (κ3) is 4.42. The maximum absolute atomic E-state index is 9.74. The number of aliphatic hydroxyl groups excluding tert-OH is 1. The number of hydrogen-bond donors (Lipinski definition) is 1. The summed E-state index contributed by atoms with van der Waals surface area (Å²) in [6.07, 6.45) is 7.96. The maximum Gasteiger partial charge on any atom is 0.0750 e. The van der Waals surface area contributed by atoms with Gasteiger partial charge in [-0.25, -0.2) is 0 Å². The first-order valence-corrected chi connectivity index (χ1v) is 9.57. The lowest BCUT2D eigenvalue weighted by Crippen LogP contribution is -2.19. The second-order valence-corrected chi connectivity index (χ2v) is 11.3. The predicted molar refractivity (Wildman–Crippen MR) is 65.3 cm³/mol. The van der Waals surface area contributed by atoms with Gasteiger partial charge in [0.15, 0.2) is 0 Å². The molecular formula is C12H24OSi. The van der Waals surface area contributed by atoms with Gasteiger partial charge < -0.3 is 5.11 Å². The van der Waals surface area contributed by atoms with Crippen LogP contribution in [0.15, 0.2) is 11.6 Å². The topological polar surface area (TPSA) is 20.2 Å². The smallest absolute Gasteiger partial charge is 0.0750 e. The maximum atomic E-state index is 9.74. The summed E-state index contributed by atoms with van der Waals surface area (Å²) in [5.41, 5.74) is 1.31. The van der Waals surface area contributed by atoms with Crippen LogP contribution in [0, 0.1) is 0 Å². The van der Waals surface area contributed by atoms with E-state index in [0.717, 1.165) is 12.8 Å². The SMILES string of the molecule is C[Si](C)(C)CCC=C1CCCCC1O. The highest BCUT2D eigenvalue weighted by Gasteiger charge is 2.16. The van der Waals surface area contributed by atoms with Gasteiger partial charge in [0.1, 0.15) is 0 Å². The van der Waals surface area contributed by atoms with Crippen LogP contribution in [0.25, 0.3) is 0 Å². The van der Waals surface area contributed by atoms with Crippen molar-refractivity contribution in [2.45, 2.75) is 63.9 Å². The van der Waals surface area contributed by atoms with Crippen molar-refractivity contribution in [2.24, 2.45) is 0 Å². The Morgan fingerprint density at radius 3 is 2.64 bits per heavy atom. The Labute approximate surface area is 89.2 Å². The molecule has 1 saturated carbocycles. The monoisotopic (exact) mass is 212 g/mol. The van der Waals surface area contributed by atoms with Crippen LogP contribution >= 0.6 is 0 Å². The van der Waals surface area contributed by atoms with Gasteiger partial charge in [-0.2, -0.15) is 0 Å². The summed E-state index contributed by atoms with van der Waals surface area (Å²) < 4.78 is 0. The fourth-order valence-electron chi connectivity index (χ4n) is 1.95. The minimum absolute atomic E-state index is 0.120. The first-order chi connectivity index (χ1) is 6.49. The number of hydrogen-bond acceptors (Lipinski definition) is 1. The van der Waals surface area contributed by atoms with Gasteiger partial charge in [-0.3, -0.25) is 0 Å². The molecule has 82 valence electrons. The molecule has 0 heterocycles. The second kappa shape index (κ2) is 5.13. The van der Waals surface area contributed by atoms with Crippen LogP contribution < -0.4 is 0 Å². The van der Waals surface area contributed by atoms with Crippen LogP contribution in [-0.4, -0.2) is 19.3 Å². The number of aliphatic hydroxyl groups is 1. The van der Waals surface area contributed by atoms with Crippen molar-refractivity contribution in [1.29, 1.82) is 0 Å². The molecular weight excluding hydrogens is 188 g/mol. The lowest BCUT2D eigenvalue weighted by molar-refractivity contribution is 0.178. The minimum atomic E-state index is -0.890. The number of allylic oxidation sites excluding steroid dienone is 1. The van der Waals surface area contributed by atoms with E-state index in [9.17, 15) is 5.11 Å². The first-order valence-electron chi connectivity index (χ1n) is 5.86. The molecule has 0 radical (unpaired) electrons. The van der Waals surface area contributed by atoms with Gasteiger partial charge in [0, 0.05) is 8.07 Å². The first kappa shape index (κ1) is 12.0. The molecule has 14 heavy (non-hydrogen) atoms. The Hall–Kier alpha value is -0.0831. The van der Waals surface area contributed by atoms with E-state index in [2.05, 4.69) is 25.7 Å². The summed E-state index contributed by atoms with van der Waals surface area (Å²) in [7, 11) is -0.890. The van der Waals surface area contributed by atoms with Crippen LogP contribution in [0.2, 0.25) is 25.7 Å². The van der Waals surface area contributed by atoms with Crippen molar-refractivity contribution in [3.05, 3.63) is 11.6 Å². The molecule has 1 rings (SSSR count). The summed E-state index contributed by atoms with van der Waals surface area (Å²) in [5.74, 6) is 0. The van der Waals surface area contributed by atoms with Gasteiger partial charge in [0.2, 0.25) is 0 Å². The highest BCUT2D eigenvalue weighted by atomic mass is 28.3. The highest BCUT2D eigenvalue weighted by Crippen LogP contribution is 2.24. The molecule has 0 aliphatic heterocycles. The van der Waals surface area contributed by atoms with E-state index in [1.54, 1.807) is 0 Å². The van der Waals surface area contributed by atoms with Gasteiger partial charge in [-0.1, -0.05) is 38.2 Å². The van der Waals surface area contributed by atoms with E-state index < -0.39 is 8.07 Å². The van der Waals surface area contributed by atoms with Crippen LogP contribution in [0.3, 0.4) is 0 Å². The van der Waals surface area contributed by atoms with E-state index in [4.69, 9.17) is 0 Å². The fraction of sp³-hybridized carbons (Fsp3) is 0.833. The average Bonchev–Trinajstić information content (AvgIpc) is 2.06. The van der Waals surface area contributed by atoms with E-state index >= 15 is 0 Å². The molecule has 1 aliphatic rings. The molecule has 2 heteroatoms. The molecule has 0 spiro atoms. The lowest BCUT2D eigenvalue weighted by Gasteiger charge is -2.21. The van der Waals surface area contributed by atoms with Crippen LogP contribution in [-0.2, 0) is 0 Å². The molecule has 1 atom stereocenters. The van der Waals surface area contributed by atoms with E-state index in [-0.39, 0.29) is 6.10 Å².